The van der Waals surface area contributed by atoms with Crippen LogP contribution < -0.4 is 10.1 Å². The van der Waals surface area contributed by atoms with Crippen LogP contribution in [0.2, 0.25) is 0 Å². The Morgan fingerprint density at radius 3 is 2.52 bits per heavy atom. The fourth-order valence-corrected chi connectivity index (χ4v) is 2.53. The Balaban J connectivity index is 1.54. The predicted molar refractivity (Wildman–Crippen MR) is 84.2 cm³/mol. The van der Waals surface area contributed by atoms with Crippen molar-refractivity contribution in [1.29, 1.82) is 5.26 Å². The normalized spacial score (nSPS) is 18.7. The summed E-state index contributed by atoms with van der Waals surface area (Å²) < 4.78 is 5.72. The third-order valence-electron chi connectivity index (χ3n) is 3.90. The number of rotatable bonds is 5. The first-order valence-corrected chi connectivity index (χ1v) is 7.37. The van der Waals surface area contributed by atoms with E-state index in [1.807, 2.05) is 36.4 Å². The molecular formula is C18H16N2O3. The quantitative estimate of drug-likeness (QED) is 0.888. The summed E-state index contributed by atoms with van der Waals surface area (Å²) in [5, 5.41) is 20.0. The summed E-state index contributed by atoms with van der Waals surface area (Å²) >= 11 is 0. The summed E-state index contributed by atoms with van der Waals surface area (Å²) in [4.78, 5) is 10.6. The highest BCUT2D eigenvalue weighted by Gasteiger charge is 2.39. The second-order valence-electron chi connectivity index (χ2n) is 5.56. The van der Waals surface area contributed by atoms with Crippen molar-refractivity contribution in [3.63, 3.8) is 0 Å². The lowest BCUT2D eigenvalue weighted by Crippen LogP contribution is -2.24. The Bertz CT molecular complexity index is 732. The lowest BCUT2D eigenvalue weighted by Gasteiger charge is -2.07. The first-order valence-electron chi connectivity index (χ1n) is 7.37. The minimum atomic E-state index is -0.972. The fourth-order valence-electron chi connectivity index (χ4n) is 2.53. The molecule has 2 N–H and O–H groups in total. The van der Waals surface area contributed by atoms with Gasteiger partial charge >= 0.3 is 6.09 Å². The minimum Gasteiger partial charge on any atom is -0.489 e. The van der Waals surface area contributed by atoms with E-state index in [1.165, 1.54) is 0 Å². The molecule has 0 aliphatic heterocycles. The molecule has 5 heteroatoms. The summed E-state index contributed by atoms with van der Waals surface area (Å²) in [5.41, 5.74) is 2.75. The van der Waals surface area contributed by atoms with Gasteiger partial charge in [-0.3, -0.25) is 0 Å². The number of carboxylic acid groups (broad SMARTS) is 1. The zero-order valence-corrected chi connectivity index (χ0v) is 12.4. The Hall–Kier alpha value is -3.00. The van der Waals surface area contributed by atoms with Gasteiger partial charge in [0.25, 0.3) is 0 Å². The monoisotopic (exact) mass is 308 g/mol. The Kier molecular flexibility index (Phi) is 4.15. The molecule has 23 heavy (non-hydrogen) atoms. The van der Waals surface area contributed by atoms with E-state index < -0.39 is 6.09 Å². The molecule has 3 rings (SSSR count). The first-order chi connectivity index (χ1) is 11.2. The summed E-state index contributed by atoms with van der Waals surface area (Å²) in [6.07, 6.45) is -0.127. The smallest absolute Gasteiger partial charge is 0.404 e. The maximum atomic E-state index is 10.6. The van der Waals surface area contributed by atoms with E-state index >= 15 is 0 Å². The number of hydrogen-bond acceptors (Lipinski definition) is 3. The van der Waals surface area contributed by atoms with Gasteiger partial charge in [-0.2, -0.15) is 5.26 Å². The van der Waals surface area contributed by atoms with Crippen LogP contribution in [0.15, 0.2) is 48.5 Å². The average Bonchev–Trinajstić information content (AvgIpc) is 3.32. The molecule has 0 aromatic heterocycles. The van der Waals surface area contributed by atoms with Gasteiger partial charge in [0.1, 0.15) is 12.4 Å². The maximum Gasteiger partial charge on any atom is 0.404 e. The Morgan fingerprint density at radius 1 is 1.22 bits per heavy atom. The number of ether oxygens (including phenoxy) is 1. The molecule has 1 amide bonds. The first kappa shape index (κ1) is 14.9. The molecule has 1 aliphatic rings. The van der Waals surface area contributed by atoms with E-state index in [2.05, 4.69) is 11.4 Å². The van der Waals surface area contributed by atoms with Crippen LogP contribution >= 0.6 is 0 Å². The molecule has 2 aromatic carbocycles. The van der Waals surface area contributed by atoms with Crippen LogP contribution in [0.3, 0.4) is 0 Å². The summed E-state index contributed by atoms with van der Waals surface area (Å²) in [6.45, 7) is 0.442. The van der Waals surface area contributed by atoms with E-state index in [0.29, 0.717) is 12.2 Å². The van der Waals surface area contributed by atoms with Crippen molar-refractivity contribution in [2.45, 2.75) is 25.0 Å². The summed E-state index contributed by atoms with van der Waals surface area (Å²) in [7, 11) is 0. The maximum absolute atomic E-state index is 10.6. The minimum absolute atomic E-state index is 0.0258. The SMILES string of the molecule is N#Cc1ccc(COc2ccc([C@@H]3C[C@H]3NC(=O)O)cc2)cc1. The second-order valence-corrected chi connectivity index (χ2v) is 5.56. The third-order valence-corrected chi connectivity index (χ3v) is 3.90. The number of amides is 1. The standard InChI is InChI=1S/C18H16N2O3/c19-10-12-1-3-13(4-2-12)11-23-15-7-5-14(6-8-15)16-9-17(16)20-18(21)22/h1-8,16-17,20H,9,11H2,(H,21,22)/t16-,17+/m0/s1. The Morgan fingerprint density at radius 2 is 1.91 bits per heavy atom. The molecule has 0 spiro atoms. The number of carbonyl (C=O) groups is 1. The Labute approximate surface area is 134 Å². The molecule has 0 bridgehead atoms. The van der Waals surface area contributed by atoms with Crippen LogP contribution in [0.1, 0.15) is 29.0 Å². The van der Waals surface area contributed by atoms with Gasteiger partial charge in [-0.05, 0) is 41.8 Å². The van der Waals surface area contributed by atoms with E-state index in [0.717, 1.165) is 23.3 Å². The summed E-state index contributed by atoms with van der Waals surface area (Å²) in [5.74, 6) is 1.03. The zero-order chi connectivity index (χ0) is 16.2. The highest BCUT2D eigenvalue weighted by Crippen LogP contribution is 2.41. The number of benzene rings is 2. The molecule has 2 aromatic rings. The molecule has 2 atom stereocenters. The van der Waals surface area contributed by atoms with Crippen LogP contribution in [0, 0.1) is 11.3 Å². The van der Waals surface area contributed by atoms with Gasteiger partial charge in [-0.1, -0.05) is 24.3 Å². The molecule has 1 aliphatic carbocycles. The molecule has 0 radical (unpaired) electrons. The molecule has 1 saturated carbocycles. The van der Waals surface area contributed by atoms with Gasteiger partial charge < -0.3 is 15.2 Å². The topological polar surface area (TPSA) is 82.3 Å². The lowest BCUT2D eigenvalue weighted by atomic mass is 10.1. The van der Waals surface area contributed by atoms with Gasteiger partial charge in [-0.15, -0.1) is 0 Å². The van der Waals surface area contributed by atoms with Crippen molar-refractivity contribution in [3.05, 3.63) is 65.2 Å². The van der Waals surface area contributed by atoms with Crippen LogP contribution in [0.4, 0.5) is 4.79 Å². The number of nitrogens with zero attached hydrogens (tertiary/aromatic N) is 1. The molecule has 1 fully saturated rings. The van der Waals surface area contributed by atoms with Gasteiger partial charge in [0, 0.05) is 12.0 Å². The number of hydrogen-bond donors (Lipinski definition) is 2. The largest absolute Gasteiger partial charge is 0.489 e. The lowest BCUT2D eigenvalue weighted by molar-refractivity contribution is 0.193. The zero-order valence-electron chi connectivity index (χ0n) is 12.4. The highest BCUT2D eigenvalue weighted by atomic mass is 16.5. The van der Waals surface area contributed by atoms with Gasteiger partial charge in [0.15, 0.2) is 0 Å². The highest BCUT2D eigenvalue weighted by molar-refractivity contribution is 5.65. The predicted octanol–water partition coefficient (Wildman–Crippen LogP) is 3.26. The molecule has 5 nitrogen and oxygen atoms in total. The van der Waals surface area contributed by atoms with E-state index in [1.54, 1.807) is 12.1 Å². The average molecular weight is 308 g/mol. The van der Waals surface area contributed by atoms with E-state index in [9.17, 15) is 4.79 Å². The molecule has 0 unspecified atom stereocenters. The van der Waals surface area contributed by atoms with Crippen molar-refractivity contribution in [1.82, 2.24) is 5.32 Å². The van der Waals surface area contributed by atoms with Crippen molar-refractivity contribution >= 4 is 6.09 Å². The second kappa shape index (κ2) is 6.41. The van der Waals surface area contributed by atoms with Gasteiger partial charge in [0.2, 0.25) is 0 Å². The number of nitrogens with one attached hydrogen (secondary N) is 1. The molecule has 0 heterocycles. The van der Waals surface area contributed by atoms with E-state index in [4.69, 9.17) is 15.1 Å². The van der Waals surface area contributed by atoms with Crippen molar-refractivity contribution in [2.24, 2.45) is 0 Å². The third kappa shape index (κ3) is 3.80. The van der Waals surface area contributed by atoms with E-state index in [-0.39, 0.29) is 12.0 Å². The number of nitriles is 1. The van der Waals surface area contributed by atoms with Crippen LogP contribution in [0.5, 0.6) is 5.75 Å². The van der Waals surface area contributed by atoms with Crippen LogP contribution in [-0.2, 0) is 6.61 Å². The molecule has 116 valence electrons. The van der Waals surface area contributed by atoms with Crippen LogP contribution in [0.25, 0.3) is 0 Å². The van der Waals surface area contributed by atoms with Gasteiger partial charge in [0.05, 0.1) is 11.6 Å². The molecule has 0 saturated heterocycles. The van der Waals surface area contributed by atoms with Crippen molar-refractivity contribution in [3.8, 4) is 11.8 Å². The van der Waals surface area contributed by atoms with Gasteiger partial charge in [-0.25, -0.2) is 4.79 Å². The fraction of sp³-hybridized carbons (Fsp3) is 0.222. The molecular weight excluding hydrogens is 292 g/mol. The van der Waals surface area contributed by atoms with Crippen molar-refractivity contribution in [2.75, 3.05) is 0 Å². The van der Waals surface area contributed by atoms with Crippen molar-refractivity contribution < 1.29 is 14.6 Å². The van der Waals surface area contributed by atoms with Crippen LogP contribution in [-0.4, -0.2) is 17.2 Å². The summed E-state index contributed by atoms with van der Waals surface area (Å²) in [6, 6.07) is 17.1.